The van der Waals surface area contributed by atoms with E-state index in [4.69, 9.17) is 19.9 Å². The Morgan fingerprint density at radius 1 is 0.784 bits per heavy atom. The van der Waals surface area contributed by atoms with Gasteiger partial charge in [0, 0.05) is 24.0 Å². The van der Waals surface area contributed by atoms with Gasteiger partial charge in [-0.25, -0.2) is 4.21 Å². The van der Waals surface area contributed by atoms with E-state index in [1.54, 1.807) is 43.9 Å². The second kappa shape index (κ2) is 15.9. The van der Waals surface area contributed by atoms with Crippen LogP contribution in [-0.2, 0) is 20.2 Å². The lowest BCUT2D eigenvalue weighted by molar-refractivity contribution is -0.114. The third-order valence-electron chi connectivity index (χ3n) is 4.36. The summed E-state index contributed by atoms with van der Waals surface area (Å²) in [4.78, 5) is 22.9. The summed E-state index contributed by atoms with van der Waals surface area (Å²) in [5, 5.41) is 2.66. The van der Waals surface area contributed by atoms with Crippen molar-refractivity contribution in [1.82, 2.24) is 15.0 Å². The number of hydrogen-bond acceptors (Lipinski definition) is 10. The lowest BCUT2D eigenvalue weighted by atomic mass is 10.3. The number of carbonyl (C=O) groups excluding carboxylic acids is 1. The molecule has 12 nitrogen and oxygen atoms in total. The predicted octanol–water partition coefficient (Wildman–Crippen LogP) is 3.37. The molecule has 202 valence electrons. The maximum absolute atomic E-state index is 11.1. The molecule has 0 aliphatic heterocycles. The maximum Gasteiger partial charge on any atom is 0.261 e. The highest BCUT2D eigenvalue weighted by Gasteiger charge is 2.06. The second-order valence-corrected chi connectivity index (χ2v) is 8.31. The minimum absolute atomic E-state index is 0.121. The topological polar surface area (TPSA) is 160 Å². The Labute approximate surface area is 219 Å². The number of nitrogens with two attached hydrogens (primary N) is 1. The van der Waals surface area contributed by atoms with Crippen LogP contribution >= 0.6 is 0 Å². The van der Waals surface area contributed by atoms with Gasteiger partial charge in [0.05, 0.1) is 64.1 Å². The summed E-state index contributed by atoms with van der Waals surface area (Å²) in [7, 11) is 5.98. The minimum Gasteiger partial charge on any atom is -0.493 e. The molecule has 13 heteroatoms. The van der Waals surface area contributed by atoms with Crippen LogP contribution < -0.4 is 30.0 Å². The molecule has 0 saturated heterocycles. The number of nitrogens with zero attached hydrogens (tertiary/aromatic N) is 3. The van der Waals surface area contributed by atoms with Gasteiger partial charge in [0.25, 0.3) is 11.3 Å². The van der Waals surface area contributed by atoms with Crippen LogP contribution in [0.3, 0.4) is 0 Å². The molecule has 3 aromatic heterocycles. The van der Waals surface area contributed by atoms with Crippen LogP contribution in [-0.4, -0.2) is 53.5 Å². The number of carbonyl (C=O) groups is 1. The summed E-state index contributed by atoms with van der Waals surface area (Å²) in [6, 6.07) is 5.27. The number of nitrogen functional groups attached to an aromatic ring is 1. The summed E-state index contributed by atoms with van der Waals surface area (Å²) in [6.45, 7) is 7.02. The number of methoxy groups -OCH3 is 3. The molecule has 0 aliphatic carbocycles. The predicted molar refractivity (Wildman–Crippen MR) is 144 cm³/mol. The summed E-state index contributed by atoms with van der Waals surface area (Å²) < 4.78 is 33.2. The zero-order valence-corrected chi connectivity index (χ0v) is 23.1. The Balaban J connectivity index is 0.000000281. The number of hydrogen-bond donors (Lipinski definition) is 3. The van der Waals surface area contributed by atoms with E-state index in [1.807, 2.05) is 20.8 Å². The van der Waals surface area contributed by atoms with Crippen molar-refractivity contribution in [1.29, 1.82) is 0 Å². The Morgan fingerprint density at radius 3 is 1.65 bits per heavy atom. The van der Waals surface area contributed by atoms with Gasteiger partial charge in [-0.3, -0.25) is 28.7 Å². The highest BCUT2D eigenvalue weighted by Crippen LogP contribution is 2.24. The molecule has 1 amide bonds. The molecule has 0 aliphatic rings. The van der Waals surface area contributed by atoms with Gasteiger partial charge in [-0.05, 0) is 39.0 Å². The summed E-state index contributed by atoms with van der Waals surface area (Å²) in [6.07, 6.45) is 4.76. The molecule has 4 N–H and O–H groups in total. The number of aryl methyl sites for hydroxylation is 3. The highest BCUT2D eigenvalue weighted by atomic mass is 32.2. The van der Waals surface area contributed by atoms with Gasteiger partial charge < -0.3 is 25.3 Å². The average molecular weight is 535 g/mol. The van der Waals surface area contributed by atoms with Gasteiger partial charge in [0.15, 0.2) is 17.2 Å². The van der Waals surface area contributed by atoms with Crippen LogP contribution in [0.15, 0.2) is 36.8 Å². The highest BCUT2D eigenvalue weighted by molar-refractivity contribution is 7.81. The summed E-state index contributed by atoms with van der Waals surface area (Å²) in [5.41, 5.74) is 10.00. The monoisotopic (exact) mass is 534 g/mol. The third kappa shape index (κ3) is 11.1. The van der Waals surface area contributed by atoms with Crippen LogP contribution in [0, 0.1) is 20.8 Å². The van der Waals surface area contributed by atoms with E-state index in [0.717, 1.165) is 17.1 Å². The molecule has 37 heavy (non-hydrogen) atoms. The third-order valence-corrected chi connectivity index (χ3v) is 5.05. The zero-order chi connectivity index (χ0) is 28.0. The molecule has 0 spiro atoms. The Hall–Kier alpha value is -3.97. The fourth-order valence-corrected chi connectivity index (χ4v) is 3.08. The molecule has 0 fully saturated rings. The molecule has 0 saturated carbocycles. The first-order valence-electron chi connectivity index (χ1n) is 10.8. The maximum atomic E-state index is 11.1. The van der Waals surface area contributed by atoms with E-state index >= 15 is 0 Å². The van der Waals surface area contributed by atoms with Gasteiger partial charge in [-0.1, -0.05) is 0 Å². The molecule has 0 bridgehead atoms. The Morgan fingerprint density at radius 2 is 1.22 bits per heavy atom. The van der Waals surface area contributed by atoms with Crippen molar-refractivity contribution in [3.8, 4) is 17.2 Å². The van der Waals surface area contributed by atoms with E-state index in [-0.39, 0.29) is 5.91 Å². The largest absolute Gasteiger partial charge is 0.493 e. The number of aromatic nitrogens is 3. The quantitative estimate of drug-likeness (QED) is 0.410. The fraction of sp³-hybridized carbons (Fsp3) is 0.333. The first-order chi connectivity index (χ1) is 17.5. The summed E-state index contributed by atoms with van der Waals surface area (Å²) in [5.74, 6) is 1.61. The molecular weight excluding hydrogens is 500 g/mol. The molecule has 1 atom stereocenters. The standard InChI is InChI=1S/C9H12N2O2.C8H12N2O3S.C7H10N2O/c1-6-4-8(11-7(2)12)9(13-3)5-10-6;1-6-4-7(10-14(11)13-3)8(12-2)5-9-6;1-5-3-6(8)7(10-2)4-9-5/h4-5H,1-3H3,(H,10,11,12);4-5H,1-3H3,(H,9,10);3-4H,1-2H3,(H2,8,9). The van der Waals surface area contributed by atoms with Crippen molar-refractivity contribution in [2.75, 3.05) is 44.2 Å². The molecule has 3 rings (SSSR count). The van der Waals surface area contributed by atoms with Crippen LogP contribution in [0.25, 0.3) is 0 Å². The number of ether oxygens (including phenoxy) is 3. The molecule has 0 aromatic carbocycles. The van der Waals surface area contributed by atoms with Crippen molar-refractivity contribution < 1.29 is 27.4 Å². The van der Waals surface area contributed by atoms with Gasteiger partial charge in [0.2, 0.25) is 5.91 Å². The molecule has 3 aromatic rings. The van der Waals surface area contributed by atoms with Crippen molar-refractivity contribution >= 4 is 34.2 Å². The van der Waals surface area contributed by atoms with E-state index in [1.165, 1.54) is 28.3 Å². The Kier molecular flexibility index (Phi) is 13.4. The number of pyridine rings is 3. The first-order valence-corrected chi connectivity index (χ1v) is 11.9. The second-order valence-electron chi connectivity index (χ2n) is 7.30. The Bertz CT molecular complexity index is 1190. The fourth-order valence-electron chi connectivity index (χ4n) is 2.66. The van der Waals surface area contributed by atoms with Crippen LogP contribution in [0.1, 0.15) is 24.0 Å². The number of rotatable bonds is 7. The van der Waals surface area contributed by atoms with Crippen LogP contribution in [0.2, 0.25) is 0 Å². The lowest BCUT2D eigenvalue weighted by Gasteiger charge is -2.09. The summed E-state index contributed by atoms with van der Waals surface area (Å²) >= 11 is -1.56. The number of anilines is 3. The number of amides is 1. The van der Waals surface area contributed by atoms with E-state index in [9.17, 15) is 9.00 Å². The van der Waals surface area contributed by atoms with Gasteiger partial charge in [0.1, 0.15) is 0 Å². The minimum atomic E-state index is -1.56. The molecular formula is C24H34N6O6S. The van der Waals surface area contributed by atoms with E-state index in [2.05, 4.69) is 29.2 Å². The van der Waals surface area contributed by atoms with Crippen LogP contribution in [0.5, 0.6) is 17.2 Å². The molecule has 0 radical (unpaired) electrons. The average Bonchev–Trinajstić information content (AvgIpc) is 2.85. The van der Waals surface area contributed by atoms with Gasteiger partial charge >= 0.3 is 0 Å². The van der Waals surface area contributed by atoms with Gasteiger partial charge in [-0.2, -0.15) is 0 Å². The molecule has 1 unspecified atom stereocenters. The van der Waals surface area contributed by atoms with Crippen molar-refractivity contribution in [2.24, 2.45) is 0 Å². The molecule has 3 heterocycles. The van der Waals surface area contributed by atoms with E-state index < -0.39 is 11.3 Å². The van der Waals surface area contributed by atoms with E-state index in [0.29, 0.717) is 34.3 Å². The normalized spacial score (nSPS) is 10.5. The van der Waals surface area contributed by atoms with Crippen LogP contribution in [0.4, 0.5) is 17.1 Å². The van der Waals surface area contributed by atoms with Crippen molar-refractivity contribution in [2.45, 2.75) is 27.7 Å². The first kappa shape index (κ1) is 31.1. The number of nitrogens with one attached hydrogen (secondary N) is 2. The SMILES string of the molecule is COc1cnc(C)cc1N.COc1cnc(C)cc1NC(C)=O.COc1cnc(C)cc1NS(=O)OC. The lowest BCUT2D eigenvalue weighted by Crippen LogP contribution is -2.07. The van der Waals surface area contributed by atoms with Gasteiger partial charge in [-0.15, -0.1) is 0 Å². The van der Waals surface area contributed by atoms with Crippen molar-refractivity contribution in [3.05, 3.63) is 53.9 Å². The zero-order valence-electron chi connectivity index (χ0n) is 22.2. The van der Waals surface area contributed by atoms with Crippen molar-refractivity contribution in [3.63, 3.8) is 0 Å². The smallest absolute Gasteiger partial charge is 0.261 e.